The summed E-state index contributed by atoms with van der Waals surface area (Å²) in [6.07, 6.45) is 2.58. The summed E-state index contributed by atoms with van der Waals surface area (Å²) < 4.78 is 0. The van der Waals surface area contributed by atoms with Crippen LogP contribution in [0.3, 0.4) is 0 Å². The van der Waals surface area contributed by atoms with Gasteiger partial charge in [0.05, 0.1) is 0 Å². The summed E-state index contributed by atoms with van der Waals surface area (Å²) in [4.78, 5) is 4.87. The SMILES string of the molecule is CCN1CCCC1CN(C)Cc1ccccc1C(N)=NO. The van der Waals surface area contributed by atoms with Crippen molar-refractivity contribution in [3.8, 4) is 0 Å². The molecular formula is C16H26N4O. The highest BCUT2D eigenvalue weighted by molar-refractivity contribution is 5.98. The standard InChI is InChI=1S/C16H26N4O/c1-3-20-10-6-8-14(20)12-19(2)11-13-7-4-5-9-15(13)16(17)18-21/h4-5,7,9,14,21H,3,6,8,10-12H2,1-2H3,(H2,17,18). The number of likely N-dealkylation sites (tertiary alicyclic amines) is 1. The molecule has 0 aliphatic carbocycles. The molecule has 1 atom stereocenters. The molecule has 0 bridgehead atoms. The van der Waals surface area contributed by atoms with Crippen molar-refractivity contribution >= 4 is 5.84 Å². The van der Waals surface area contributed by atoms with Gasteiger partial charge in [-0.05, 0) is 38.5 Å². The first-order valence-electron chi connectivity index (χ1n) is 7.64. The fraction of sp³-hybridized carbons (Fsp3) is 0.562. The van der Waals surface area contributed by atoms with E-state index in [9.17, 15) is 0 Å². The van der Waals surface area contributed by atoms with Crippen LogP contribution in [0.1, 0.15) is 30.9 Å². The van der Waals surface area contributed by atoms with E-state index in [0.717, 1.165) is 30.8 Å². The number of benzene rings is 1. The Morgan fingerprint density at radius 1 is 1.48 bits per heavy atom. The molecule has 1 heterocycles. The van der Waals surface area contributed by atoms with Gasteiger partial charge in [-0.2, -0.15) is 0 Å². The molecule has 0 aromatic heterocycles. The van der Waals surface area contributed by atoms with Crippen LogP contribution in [-0.2, 0) is 6.54 Å². The average Bonchev–Trinajstić information content (AvgIpc) is 2.94. The fourth-order valence-corrected chi connectivity index (χ4v) is 3.20. The molecular weight excluding hydrogens is 264 g/mol. The Labute approximate surface area is 127 Å². The third-order valence-electron chi connectivity index (χ3n) is 4.27. The molecule has 0 amide bonds. The molecule has 0 spiro atoms. The molecule has 116 valence electrons. The van der Waals surface area contributed by atoms with E-state index in [1.165, 1.54) is 19.4 Å². The van der Waals surface area contributed by atoms with Gasteiger partial charge < -0.3 is 15.8 Å². The van der Waals surface area contributed by atoms with E-state index in [-0.39, 0.29) is 5.84 Å². The van der Waals surface area contributed by atoms with E-state index in [0.29, 0.717) is 6.04 Å². The zero-order valence-electron chi connectivity index (χ0n) is 13.0. The number of nitrogens with zero attached hydrogens (tertiary/aromatic N) is 3. The molecule has 2 rings (SSSR count). The van der Waals surface area contributed by atoms with Gasteiger partial charge in [-0.1, -0.05) is 36.3 Å². The quantitative estimate of drug-likeness (QED) is 0.362. The summed E-state index contributed by atoms with van der Waals surface area (Å²) in [7, 11) is 2.13. The predicted molar refractivity (Wildman–Crippen MR) is 85.6 cm³/mol. The van der Waals surface area contributed by atoms with Crippen LogP contribution in [0.15, 0.2) is 29.4 Å². The van der Waals surface area contributed by atoms with Crippen LogP contribution in [-0.4, -0.2) is 53.6 Å². The third kappa shape index (κ3) is 3.95. The molecule has 1 aromatic rings. The minimum Gasteiger partial charge on any atom is -0.409 e. The van der Waals surface area contributed by atoms with E-state index in [2.05, 4.69) is 28.9 Å². The van der Waals surface area contributed by atoms with Crippen molar-refractivity contribution in [1.29, 1.82) is 0 Å². The van der Waals surface area contributed by atoms with Crippen LogP contribution in [0, 0.1) is 0 Å². The van der Waals surface area contributed by atoms with Gasteiger partial charge >= 0.3 is 0 Å². The number of likely N-dealkylation sites (N-methyl/N-ethyl adjacent to an activating group) is 2. The molecule has 3 N–H and O–H groups in total. The van der Waals surface area contributed by atoms with Gasteiger partial charge in [0.25, 0.3) is 0 Å². The summed E-state index contributed by atoms with van der Waals surface area (Å²) in [6.45, 7) is 6.43. The molecule has 1 aliphatic heterocycles. The molecule has 1 aromatic carbocycles. The lowest BCUT2D eigenvalue weighted by molar-refractivity contribution is 0.194. The lowest BCUT2D eigenvalue weighted by atomic mass is 10.1. The van der Waals surface area contributed by atoms with Crippen LogP contribution in [0.2, 0.25) is 0 Å². The zero-order valence-corrected chi connectivity index (χ0v) is 13.0. The second-order valence-corrected chi connectivity index (χ2v) is 5.76. The molecule has 1 aliphatic rings. The Morgan fingerprint density at radius 3 is 2.95 bits per heavy atom. The second kappa shape index (κ2) is 7.43. The van der Waals surface area contributed by atoms with Crippen molar-refractivity contribution < 1.29 is 5.21 Å². The summed E-state index contributed by atoms with van der Waals surface area (Å²) in [5.74, 6) is 0.176. The summed E-state index contributed by atoms with van der Waals surface area (Å²) in [5.41, 5.74) is 7.66. The van der Waals surface area contributed by atoms with Gasteiger partial charge in [0.2, 0.25) is 0 Å². The molecule has 21 heavy (non-hydrogen) atoms. The smallest absolute Gasteiger partial charge is 0.170 e. The maximum atomic E-state index is 8.89. The van der Waals surface area contributed by atoms with E-state index < -0.39 is 0 Å². The first-order chi connectivity index (χ1) is 10.2. The Bertz CT molecular complexity index is 489. The maximum absolute atomic E-state index is 8.89. The van der Waals surface area contributed by atoms with Crippen LogP contribution in [0.25, 0.3) is 0 Å². The van der Waals surface area contributed by atoms with E-state index in [1.807, 2.05) is 24.3 Å². The Morgan fingerprint density at radius 2 is 2.24 bits per heavy atom. The van der Waals surface area contributed by atoms with Gasteiger partial charge in [-0.3, -0.25) is 4.90 Å². The van der Waals surface area contributed by atoms with Crippen molar-refractivity contribution in [3.05, 3.63) is 35.4 Å². The van der Waals surface area contributed by atoms with Crippen molar-refractivity contribution in [2.45, 2.75) is 32.4 Å². The number of hydrogen-bond acceptors (Lipinski definition) is 4. The largest absolute Gasteiger partial charge is 0.409 e. The third-order valence-corrected chi connectivity index (χ3v) is 4.27. The Hall–Kier alpha value is -1.59. The highest BCUT2D eigenvalue weighted by Gasteiger charge is 2.24. The molecule has 5 nitrogen and oxygen atoms in total. The second-order valence-electron chi connectivity index (χ2n) is 5.76. The number of oxime groups is 1. The van der Waals surface area contributed by atoms with Crippen LogP contribution < -0.4 is 5.73 Å². The summed E-state index contributed by atoms with van der Waals surface area (Å²) >= 11 is 0. The van der Waals surface area contributed by atoms with E-state index in [4.69, 9.17) is 10.9 Å². The number of rotatable bonds is 6. The lowest BCUT2D eigenvalue weighted by Crippen LogP contribution is -2.38. The highest BCUT2D eigenvalue weighted by Crippen LogP contribution is 2.18. The lowest BCUT2D eigenvalue weighted by Gasteiger charge is -2.28. The first-order valence-corrected chi connectivity index (χ1v) is 7.64. The molecule has 1 fully saturated rings. The molecule has 0 saturated carbocycles. The van der Waals surface area contributed by atoms with E-state index in [1.54, 1.807) is 0 Å². The Kier molecular flexibility index (Phi) is 5.59. The molecule has 5 heteroatoms. The van der Waals surface area contributed by atoms with Crippen LogP contribution in [0.4, 0.5) is 0 Å². The fourth-order valence-electron chi connectivity index (χ4n) is 3.20. The minimum atomic E-state index is 0.176. The Balaban J connectivity index is 2.01. The highest BCUT2D eigenvalue weighted by atomic mass is 16.4. The number of hydrogen-bond donors (Lipinski definition) is 2. The van der Waals surface area contributed by atoms with Crippen molar-refractivity contribution in [3.63, 3.8) is 0 Å². The summed E-state index contributed by atoms with van der Waals surface area (Å²) in [6, 6.07) is 8.48. The molecule has 1 saturated heterocycles. The average molecular weight is 290 g/mol. The van der Waals surface area contributed by atoms with Gasteiger partial charge in [-0.25, -0.2) is 0 Å². The minimum absolute atomic E-state index is 0.176. The summed E-state index contributed by atoms with van der Waals surface area (Å²) in [5, 5.41) is 12.0. The predicted octanol–water partition coefficient (Wildman–Crippen LogP) is 1.70. The van der Waals surface area contributed by atoms with Crippen molar-refractivity contribution in [2.24, 2.45) is 10.9 Å². The van der Waals surface area contributed by atoms with Gasteiger partial charge in [0, 0.05) is 24.7 Å². The monoisotopic (exact) mass is 290 g/mol. The van der Waals surface area contributed by atoms with Gasteiger partial charge in [0.1, 0.15) is 0 Å². The number of amidine groups is 1. The first kappa shape index (κ1) is 15.8. The van der Waals surface area contributed by atoms with Crippen molar-refractivity contribution in [2.75, 3.05) is 26.7 Å². The molecule has 0 radical (unpaired) electrons. The van der Waals surface area contributed by atoms with Crippen LogP contribution in [0.5, 0.6) is 0 Å². The normalized spacial score (nSPS) is 20.3. The van der Waals surface area contributed by atoms with E-state index >= 15 is 0 Å². The van der Waals surface area contributed by atoms with Gasteiger partial charge in [-0.15, -0.1) is 0 Å². The van der Waals surface area contributed by atoms with Crippen LogP contribution >= 0.6 is 0 Å². The zero-order chi connectivity index (χ0) is 15.2. The topological polar surface area (TPSA) is 65.1 Å². The van der Waals surface area contributed by atoms with Crippen molar-refractivity contribution in [1.82, 2.24) is 9.80 Å². The van der Waals surface area contributed by atoms with Gasteiger partial charge in [0.15, 0.2) is 5.84 Å². The number of nitrogens with two attached hydrogens (primary N) is 1. The molecule has 1 unspecified atom stereocenters. The maximum Gasteiger partial charge on any atom is 0.170 e.